The highest BCUT2D eigenvalue weighted by molar-refractivity contribution is 5.97. The summed E-state index contributed by atoms with van der Waals surface area (Å²) in [6.45, 7) is 5.75. The van der Waals surface area contributed by atoms with Gasteiger partial charge >= 0.3 is 5.97 Å². The number of rotatable bonds is 0. The second kappa shape index (κ2) is 7.91. The molecule has 2 rings (SSSR count). The Morgan fingerprint density at radius 3 is 2.57 bits per heavy atom. The second-order valence-corrected chi connectivity index (χ2v) is 6.16. The summed E-state index contributed by atoms with van der Waals surface area (Å²) >= 11 is 0. The highest BCUT2D eigenvalue weighted by Gasteiger charge is 2.19. The zero-order chi connectivity index (χ0) is 16.8. The lowest BCUT2D eigenvalue weighted by atomic mass is 9.95. The lowest BCUT2D eigenvalue weighted by Crippen LogP contribution is -2.18. The molecule has 0 unspecified atom stereocenters. The Kier molecular flexibility index (Phi) is 5.91. The average Bonchev–Trinajstić information content (AvgIpc) is 2.44. The van der Waals surface area contributed by atoms with Crippen molar-refractivity contribution in [1.82, 2.24) is 0 Å². The molecule has 0 aliphatic carbocycles. The summed E-state index contributed by atoms with van der Waals surface area (Å²) in [5.41, 5.74) is 3.19. The topological polar surface area (TPSA) is 43.4 Å². The molecule has 1 aliphatic rings. The minimum absolute atomic E-state index is 0.0122. The number of cyclic esters (lactones) is 1. The van der Waals surface area contributed by atoms with Crippen LogP contribution < -0.4 is 0 Å². The van der Waals surface area contributed by atoms with Crippen molar-refractivity contribution in [2.45, 2.75) is 52.6 Å². The monoisotopic (exact) mass is 312 g/mol. The number of ether oxygens (including phenoxy) is 1. The molecule has 0 saturated heterocycles. The molecule has 0 fully saturated rings. The van der Waals surface area contributed by atoms with E-state index in [1.54, 1.807) is 6.08 Å². The highest BCUT2D eigenvalue weighted by atomic mass is 16.5. The number of ketones is 1. The van der Waals surface area contributed by atoms with Crippen molar-refractivity contribution < 1.29 is 14.3 Å². The van der Waals surface area contributed by atoms with Crippen molar-refractivity contribution in [2.24, 2.45) is 0 Å². The number of esters is 1. The van der Waals surface area contributed by atoms with E-state index in [2.05, 4.69) is 6.08 Å². The molecule has 1 aliphatic heterocycles. The van der Waals surface area contributed by atoms with Gasteiger partial charge in [-0.05, 0) is 50.8 Å². The van der Waals surface area contributed by atoms with Gasteiger partial charge in [-0.3, -0.25) is 4.79 Å². The molecule has 0 aromatic heterocycles. The smallest absolute Gasteiger partial charge is 0.338 e. The first-order chi connectivity index (χ1) is 11.0. The van der Waals surface area contributed by atoms with Crippen LogP contribution in [0.5, 0.6) is 0 Å². The van der Waals surface area contributed by atoms with Crippen LogP contribution in [0.4, 0.5) is 0 Å². The second-order valence-electron chi connectivity index (χ2n) is 6.16. The van der Waals surface area contributed by atoms with Crippen LogP contribution in [0.15, 0.2) is 36.4 Å². The molecule has 1 atom stereocenters. The summed E-state index contributed by atoms with van der Waals surface area (Å²) in [6.07, 6.45) is 10.1. The number of benzene rings is 1. The summed E-state index contributed by atoms with van der Waals surface area (Å²) in [4.78, 5) is 24.7. The maximum absolute atomic E-state index is 12.5. The van der Waals surface area contributed by atoms with E-state index >= 15 is 0 Å². The fraction of sp³-hybridized carbons (Fsp3) is 0.400. The van der Waals surface area contributed by atoms with Crippen molar-refractivity contribution in [3.8, 4) is 0 Å². The minimum Gasteiger partial charge on any atom is -0.459 e. The maximum Gasteiger partial charge on any atom is 0.338 e. The Hall–Kier alpha value is -2.16. The molecular formula is C20H24O3. The van der Waals surface area contributed by atoms with Crippen LogP contribution >= 0.6 is 0 Å². The first-order valence-corrected chi connectivity index (χ1v) is 8.13. The molecule has 0 spiro atoms. The maximum atomic E-state index is 12.5. The van der Waals surface area contributed by atoms with Crippen LogP contribution in [0.25, 0.3) is 0 Å². The van der Waals surface area contributed by atoms with Gasteiger partial charge in [0.1, 0.15) is 6.10 Å². The third kappa shape index (κ3) is 4.92. The Balaban J connectivity index is 2.40. The number of carbonyl (C=O) groups excluding carboxylic acids is 2. The zero-order valence-corrected chi connectivity index (χ0v) is 14.1. The molecule has 0 radical (unpaired) electrons. The fourth-order valence-electron chi connectivity index (χ4n) is 2.84. The van der Waals surface area contributed by atoms with E-state index in [9.17, 15) is 9.59 Å². The molecule has 0 bridgehead atoms. The average molecular weight is 312 g/mol. The van der Waals surface area contributed by atoms with Gasteiger partial charge in [0.2, 0.25) is 0 Å². The first kappa shape index (κ1) is 17.2. The van der Waals surface area contributed by atoms with Gasteiger partial charge in [0, 0.05) is 12.8 Å². The Morgan fingerprint density at radius 1 is 1.04 bits per heavy atom. The van der Waals surface area contributed by atoms with Crippen LogP contribution in [-0.4, -0.2) is 17.9 Å². The quantitative estimate of drug-likeness (QED) is 0.531. The number of aryl methyl sites for hydroxylation is 2. The Bertz CT molecular complexity index is 653. The van der Waals surface area contributed by atoms with E-state index < -0.39 is 0 Å². The highest BCUT2D eigenvalue weighted by Crippen LogP contribution is 2.21. The molecule has 122 valence electrons. The van der Waals surface area contributed by atoms with E-state index in [0.717, 1.165) is 29.5 Å². The van der Waals surface area contributed by atoms with Crippen molar-refractivity contribution in [3.05, 3.63) is 58.7 Å². The predicted octanol–water partition coefficient (Wildman–Crippen LogP) is 4.26. The summed E-state index contributed by atoms with van der Waals surface area (Å²) in [5.74, 6) is -0.328. The SMILES string of the molecule is Cc1cc(C)c2c(c1)CC(=O)/C=C/CC/C=C/C[C@@H](C)OC2=O. The van der Waals surface area contributed by atoms with Gasteiger partial charge < -0.3 is 4.74 Å². The number of allylic oxidation sites excluding steroid dienone is 3. The molecule has 0 N–H and O–H groups in total. The zero-order valence-electron chi connectivity index (χ0n) is 14.1. The number of carbonyl (C=O) groups is 2. The molecule has 0 amide bonds. The van der Waals surface area contributed by atoms with Crippen LogP contribution in [0, 0.1) is 13.8 Å². The predicted molar refractivity (Wildman–Crippen MR) is 91.6 cm³/mol. The van der Waals surface area contributed by atoms with Crippen LogP contribution in [0.2, 0.25) is 0 Å². The third-order valence-corrected chi connectivity index (χ3v) is 3.88. The van der Waals surface area contributed by atoms with Gasteiger partial charge in [0.05, 0.1) is 5.56 Å². The summed E-state index contributed by atoms with van der Waals surface area (Å²) in [6, 6.07) is 3.86. The van der Waals surface area contributed by atoms with E-state index in [4.69, 9.17) is 4.74 Å². The van der Waals surface area contributed by atoms with Crippen LogP contribution in [0.3, 0.4) is 0 Å². The summed E-state index contributed by atoms with van der Waals surface area (Å²) in [5, 5.41) is 0. The van der Waals surface area contributed by atoms with E-state index in [-0.39, 0.29) is 24.3 Å². The van der Waals surface area contributed by atoms with Crippen LogP contribution in [-0.2, 0) is 16.0 Å². The molecule has 1 heterocycles. The van der Waals surface area contributed by atoms with Gasteiger partial charge in [-0.1, -0.05) is 35.9 Å². The van der Waals surface area contributed by atoms with Gasteiger partial charge in [-0.25, -0.2) is 4.79 Å². The number of hydrogen-bond acceptors (Lipinski definition) is 3. The lowest BCUT2D eigenvalue weighted by Gasteiger charge is -2.16. The molecule has 0 saturated carbocycles. The first-order valence-electron chi connectivity index (χ1n) is 8.13. The molecule has 1 aromatic carbocycles. The van der Waals surface area contributed by atoms with E-state index in [1.807, 2.05) is 45.1 Å². The van der Waals surface area contributed by atoms with E-state index in [1.165, 1.54) is 0 Å². The summed E-state index contributed by atoms with van der Waals surface area (Å²) < 4.78 is 5.56. The molecule has 23 heavy (non-hydrogen) atoms. The van der Waals surface area contributed by atoms with Gasteiger partial charge in [-0.2, -0.15) is 0 Å². The molecular weight excluding hydrogens is 288 g/mol. The van der Waals surface area contributed by atoms with Crippen LogP contribution in [0.1, 0.15) is 53.2 Å². The Labute approximate surface area is 138 Å². The van der Waals surface area contributed by atoms with Gasteiger partial charge in [0.15, 0.2) is 5.78 Å². The number of hydrogen-bond donors (Lipinski definition) is 0. The van der Waals surface area contributed by atoms with Crippen molar-refractivity contribution in [2.75, 3.05) is 0 Å². The van der Waals surface area contributed by atoms with Gasteiger partial charge in [-0.15, -0.1) is 0 Å². The van der Waals surface area contributed by atoms with Crippen molar-refractivity contribution >= 4 is 11.8 Å². The van der Waals surface area contributed by atoms with Crippen molar-refractivity contribution in [1.29, 1.82) is 0 Å². The fourth-order valence-corrected chi connectivity index (χ4v) is 2.84. The molecule has 3 heteroatoms. The standard InChI is InChI=1S/C20H24O3/c1-14-11-15(2)19-17(12-14)13-18(21)10-8-6-4-5-7-9-16(3)23-20(19)22/h5,7-8,10-12,16H,4,6,9,13H2,1-3H3/b7-5+,10-8+/t16-/m1/s1. The van der Waals surface area contributed by atoms with E-state index in [0.29, 0.717) is 12.0 Å². The lowest BCUT2D eigenvalue weighted by molar-refractivity contribution is -0.114. The normalized spacial score (nSPS) is 22.7. The number of fused-ring (bicyclic) bond motifs is 1. The Morgan fingerprint density at radius 2 is 1.78 bits per heavy atom. The molecule has 3 nitrogen and oxygen atoms in total. The van der Waals surface area contributed by atoms with Gasteiger partial charge in [0.25, 0.3) is 0 Å². The molecule has 1 aromatic rings. The largest absolute Gasteiger partial charge is 0.459 e. The summed E-state index contributed by atoms with van der Waals surface area (Å²) in [7, 11) is 0. The minimum atomic E-state index is -0.341. The van der Waals surface area contributed by atoms with Crippen molar-refractivity contribution in [3.63, 3.8) is 0 Å². The third-order valence-electron chi connectivity index (χ3n) is 3.88.